The molecule has 3 aromatic rings. The molecule has 0 saturated heterocycles. The van der Waals surface area contributed by atoms with E-state index in [1.54, 1.807) is 24.4 Å². The van der Waals surface area contributed by atoms with Gasteiger partial charge in [0.2, 0.25) is 5.91 Å². The minimum Gasteiger partial charge on any atom is -0.490 e. The van der Waals surface area contributed by atoms with Gasteiger partial charge in [-0.05, 0) is 89.9 Å². The monoisotopic (exact) mass is 587 g/mol. The van der Waals surface area contributed by atoms with E-state index < -0.39 is 4.92 Å². The normalized spacial score (nSPS) is 10.9. The van der Waals surface area contributed by atoms with Crippen molar-refractivity contribution in [3.63, 3.8) is 0 Å². The van der Waals surface area contributed by atoms with Crippen molar-refractivity contribution in [2.75, 3.05) is 6.61 Å². The van der Waals surface area contributed by atoms with E-state index in [9.17, 15) is 14.9 Å². The number of carbonyl (C=O) groups excluding carboxylic acids is 1. The number of halogens is 1. The van der Waals surface area contributed by atoms with Gasteiger partial charge in [0, 0.05) is 12.1 Å². The third-order valence-corrected chi connectivity index (χ3v) is 5.92. The second-order valence-corrected chi connectivity index (χ2v) is 9.04. The highest BCUT2D eigenvalue weighted by molar-refractivity contribution is 14.1. The van der Waals surface area contributed by atoms with Crippen molar-refractivity contribution in [3.8, 4) is 11.5 Å². The van der Waals surface area contributed by atoms with Gasteiger partial charge in [0.25, 0.3) is 5.69 Å². The van der Waals surface area contributed by atoms with Crippen LogP contribution in [0.1, 0.15) is 34.7 Å². The van der Waals surface area contributed by atoms with Crippen molar-refractivity contribution < 1.29 is 19.2 Å². The fraction of sp³-hybridized carbons (Fsp3) is 0.231. The highest BCUT2D eigenvalue weighted by Crippen LogP contribution is 2.34. The van der Waals surface area contributed by atoms with E-state index in [4.69, 9.17) is 9.47 Å². The SMILES string of the molecule is CCOc1cc(/C=N/NC(=O)Cc2ccc(C)cc2C)cc(I)c1OCc1ccc([N+](=O)[O-])cc1. The molecule has 35 heavy (non-hydrogen) atoms. The third-order valence-electron chi connectivity index (χ3n) is 5.11. The molecular weight excluding hydrogens is 561 g/mol. The van der Waals surface area contributed by atoms with Crippen LogP contribution in [0, 0.1) is 27.5 Å². The zero-order chi connectivity index (χ0) is 25.4. The summed E-state index contributed by atoms with van der Waals surface area (Å²) in [6.45, 7) is 6.56. The largest absolute Gasteiger partial charge is 0.490 e. The van der Waals surface area contributed by atoms with E-state index in [0.717, 1.165) is 31.4 Å². The molecule has 9 heteroatoms. The molecule has 182 valence electrons. The Morgan fingerprint density at radius 1 is 1.11 bits per heavy atom. The Bertz CT molecular complexity index is 1240. The number of benzene rings is 3. The van der Waals surface area contributed by atoms with Crippen LogP contribution in [0.3, 0.4) is 0 Å². The van der Waals surface area contributed by atoms with Gasteiger partial charge in [-0.3, -0.25) is 14.9 Å². The molecule has 8 nitrogen and oxygen atoms in total. The Morgan fingerprint density at radius 2 is 1.86 bits per heavy atom. The molecule has 3 rings (SSSR count). The van der Waals surface area contributed by atoms with Gasteiger partial charge in [-0.2, -0.15) is 5.10 Å². The van der Waals surface area contributed by atoms with Gasteiger partial charge in [0.15, 0.2) is 11.5 Å². The second-order valence-electron chi connectivity index (χ2n) is 7.88. The lowest BCUT2D eigenvalue weighted by Crippen LogP contribution is -2.20. The van der Waals surface area contributed by atoms with Crippen molar-refractivity contribution in [3.05, 3.63) is 96.1 Å². The second kappa shape index (κ2) is 12.3. The Morgan fingerprint density at radius 3 is 2.51 bits per heavy atom. The Kier molecular flexibility index (Phi) is 9.18. The van der Waals surface area contributed by atoms with Gasteiger partial charge in [-0.1, -0.05) is 23.8 Å². The maximum Gasteiger partial charge on any atom is 0.269 e. The first-order valence-electron chi connectivity index (χ1n) is 11.0. The summed E-state index contributed by atoms with van der Waals surface area (Å²) in [5.74, 6) is 0.919. The average molecular weight is 587 g/mol. The highest BCUT2D eigenvalue weighted by Gasteiger charge is 2.13. The minimum absolute atomic E-state index is 0.0306. The van der Waals surface area contributed by atoms with E-state index in [1.807, 2.05) is 45.0 Å². The molecule has 0 atom stereocenters. The zero-order valence-corrected chi connectivity index (χ0v) is 21.9. The predicted molar refractivity (Wildman–Crippen MR) is 143 cm³/mol. The molecule has 0 aromatic heterocycles. The summed E-state index contributed by atoms with van der Waals surface area (Å²) < 4.78 is 12.5. The minimum atomic E-state index is -0.437. The standard InChI is InChI=1S/C26H26IN3O5/c1-4-34-24-13-20(15-28-29-25(31)14-21-8-5-17(2)11-18(21)3)12-23(27)26(24)35-16-19-6-9-22(10-7-19)30(32)33/h5-13,15H,4,14,16H2,1-3H3,(H,29,31)/b28-15+. The van der Waals surface area contributed by atoms with Gasteiger partial charge in [-0.15, -0.1) is 0 Å². The summed E-state index contributed by atoms with van der Waals surface area (Å²) in [7, 11) is 0. The van der Waals surface area contributed by atoms with E-state index in [2.05, 4.69) is 33.1 Å². The first-order chi connectivity index (χ1) is 16.8. The van der Waals surface area contributed by atoms with Gasteiger partial charge in [-0.25, -0.2) is 5.43 Å². The molecule has 0 bridgehead atoms. The predicted octanol–water partition coefficient (Wildman–Crippen LogP) is 5.49. The van der Waals surface area contributed by atoms with Crippen molar-refractivity contribution >= 4 is 40.4 Å². The van der Waals surface area contributed by atoms with E-state index in [0.29, 0.717) is 18.1 Å². The Labute approximate surface area is 217 Å². The number of aryl methyl sites for hydroxylation is 2. The number of hydrogen-bond acceptors (Lipinski definition) is 6. The summed E-state index contributed by atoms with van der Waals surface area (Å²) in [5, 5.41) is 14.9. The summed E-state index contributed by atoms with van der Waals surface area (Å²) in [5.41, 5.74) is 7.34. The van der Waals surface area contributed by atoms with Crippen LogP contribution in [0.5, 0.6) is 11.5 Å². The van der Waals surface area contributed by atoms with Gasteiger partial charge >= 0.3 is 0 Å². The molecule has 0 unspecified atom stereocenters. The molecular formula is C26H26IN3O5. The molecule has 0 aliphatic rings. The third kappa shape index (κ3) is 7.51. The number of hydrazone groups is 1. The molecule has 0 heterocycles. The van der Waals surface area contributed by atoms with Crippen LogP contribution in [-0.2, 0) is 17.8 Å². The van der Waals surface area contributed by atoms with Crippen molar-refractivity contribution in [1.29, 1.82) is 0 Å². The number of non-ortho nitro benzene ring substituents is 1. The van der Waals surface area contributed by atoms with Gasteiger partial charge < -0.3 is 9.47 Å². The molecule has 1 N–H and O–H groups in total. The van der Waals surface area contributed by atoms with Crippen LogP contribution >= 0.6 is 22.6 Å². The summed E-state index contributed by atoms with van der Waals surface area (Å²) in [6, 6.07) is 15.9. The van der Waals surface area contributed by atoms with Crippen LogP contribution in [0.4, 0.5) is 5.69 Å². The maximum atomic E-state index is 12.3. The lowest BCUT2D eigenvalue weighted by atomic mass is 10.0. The number of amides is 1. The number of nitrogens with zero attached hydrogens (tertiary/aromatic N) is 2. The van der Waals surface area contributed by atoms with Crippen LogP contribution in [0.2, 0.25) is 0 Å². The summed E-state index contributed by atoms with van der Waals surface area (Å²) in [6.07, 6.45) is 1.81. The number of nitro benzene ring substituents is 1. The number of ether oxygens (including phenoxy) is 2. The zero-order valence-electron chi connectivity index (χ0n) is 19.7. The molecule has 0 aliphatic carbocycles. The first kappa shape index (κ1) is 26.1. The Balaban J connectivity index is 1.66. The molecule has 0 fully saturated rings. The molecule has 0 radical (unpaired) electrons. The van der Waals surface area contributed by atoms with Gasteiger partial charge in [0.05, 0.1) is 27.7 Å². The van der Waals surface area contributed by atoms with Crippen molar-refractivity contribution in [2.45, 2.75) is 33.8 Å². The number of carbonyl (C=O) groups is 1. The molecule has 0 saturated carbocycles. The number of rotatable bonds is 10. The van der Waals surface area contributed by atoms with Crippen molar-refractivity contribution in [1.82, 2.24) is 5.43 Å². The maximum absolute atomic E-state index is 12.3. The fourth-order valence-corrected chi connectivity index (χ4v) is 4.15. The van der Waals surface area contributed by atoms with E-state index >= 15 is 0 Å². The lowest BCUT2D eigenvalue weighted by Gasteiger charge is -2.14. The summed E-state index contributed by atoms with van der Waals surface area (Å²) in [4.78, 5) is 22.7. The lowest BCUT2D eigenvalue weighted by molar-refractivity contribution is -0.384. The average Bonchev–Trinajstić information content (AvgIpc) is 2.81. The highest BCUT2D eigenvalue weighted by atomic mass is 127. The molecule has 1 amide bonds. The summed E-state index contributed by atoms with van der Waals surface area (Å²) >= 11 is 2.15. The van der Waals surface area contributed by atoms with E-state index in [-0.39, 0.29) is 24.6 Å². The first-order valence-corrected chi connectivity index (χ1v) is 12.0. The molecule has 0 spiro atoms. The van der Waals surface area contributed by atoms with Crippen LogP contribution in [0.15, 0.2) is 59.7 Å². The number of hydrogen-bond donors (Lipinski definition) is 1. The Hall–Kier alpha value is -3.47. The smallest absolute Gasteiger partial charge is 0.269 e. The molecule has 3 aromatic carbocycles. The topological polar surface area (TPSA) is 103 Å². The quantitative estimate of drug-likeness (QED) is 0.146. The number of nitro groups is 1. The van der Waals surface area contributed by atoms with Gasteiger partial charge in [0.1, 0.15) is 6.61 Å². The van der Waals surface area contributed by atoms with Crippen LogP contribution in [0.25, 0.3) is 0 Å². The van der Waals surface area contributed by atoms with Crippen LogP contribution < -0.4 is 14.9 Å². The molecule has 0 aliphatic heterocycles. The fourth-order valence-electron chi connectivity index (χ4n) is 3.37. The van der Waals surface area contributed by atoms with E-state index in [1.165, 1.54) is 12.1 Å². The van der Waals surface area contributed by atoms with Crippen molar-refractivity contribution in [2.24, 2.45) is 5.10 Å². The van der Waals surface area contributed by atoms with Crippen LogP contribution in [-0.4, -0.2) is 23.7 Å². The number of nitrogens with one attached hydrogen (secondary N) is 1.